The molecule has 0 aromatic heterocycles. The Kier molecular flexibility index (Phi) is 4.41. The summed E-state index contributed by atoms with van der Waals surface area (Å²) in [5, 5.41) is 14.6. The van der Waals surface area contributed by atoms with Crippen LogP contribution in [0.15, 0.2) is 99.4 Å². The monoisotopic (exact) mass is 405 g/mol. The Hall–Kier alpha value is -2.76. The van der Waals surface area contributed by atoms with E-state index in [9.17, 15) is 5.11 Å². The molecule has 0 saturated heterocycles. The Morgan fingerprint density at radius 2 is 1.42 bits per heavy atom. The predicted molar refractivity (Wildman–Crippen MR) is 109 cm³/mol. The molecule has 1 aliphatic rings. The Morgan fingerprint density at radius 1 is 0.808 bits per heavy atom. The first-order valence-corrected chi connectivity index (χ1v) is 8.99. The molecule has 0 aliphatic carbocycles. The summed E-state index contributed by atoms with van der Waals surface area (Å²) in [5.41, 5.74) is 0.786. The van der Waals surface area contributed by atoms with Gasteiger partial charge in [0.25, 0.3) is 0 Å². The lowest BCUT2D eigenvalue weighted by Crippen LogP contribution is -2.36. The third kappa shape index (κ3) is 3.19. The van der Waals surface area contributed by atoms with Crippen LogP contribution in [0.3, 0.4) is 0 Å². The van der Waals surface area contributed by atoms with Crippen LogP contribution in [0.2, 0.25) is 0 Å². The van der Waals surface area contributed by atoms with E-state index in [0.717, 1.165) is 15.7 Å². The molecule has 1 heterocycles. The number of para-hydroxylation sites is 1. The maximum Gasteiger partial charge on any atom is 0.244 e. The minimum Gasteiger partial charge on any atom is -0.359 e. The first-order valence-electron chi connectivity index (χ1n) is 8.20. The van der Waals surface area contributed by atoms with E-state index in [1.54, 1.807) is 0 Å². The van der Waals surface area contributed by atoms with Gasteiger partial charge in [0.05, 0.1) is 0 Å². The van der Waals surface area contributed by atoms with Crippen molar-refractivity contribution < 1.29 is 5.11 Å². The summed E-state index contributed by atoms with van der Waals surface area (Å²) in [5.74, 6) is 0.870. The Balaban J connectivity index is 1.78. The zero-order chi connectivity index (χ0) is 18.0. The van der Waals surface area contributed by atoms with E-state index >= 15 is 0 Å². The van der Waals surface area contributed by atoms with Crippen molar-refractivity contribution in [1.29, 1.82) is 0 Å². The average molecular weight is 406 g/mol. The van der Waals surface area contributed by atoms with Crippen molar-refractivity contribution in [2.24, 2.45) is 9.98 Å². The molecule has 4 rings (SSSR count). The van der Waals surface area contributed by atoms with Crippen LogP contribution in [0.1, 0.15) is 11.1 Å². The van der Waals surface area contributed by atoms with Gasteiger partial charge in [-0.3, -0.25) is 0 Å². The van der Waals surface area contributed by atoms with Crippen molar-refractivity contribution >= 4 is 33.3 Å². The molecule has 0 radical (unpaired) electrons. The molecule has 26 heavy (non-hydrogen) atoms. The second-order valence-corrected chi connectivity index (χ2v) is 6.85. The van der Waals surface area contributed by atoms with Crippen LogP contribution in [0.25, 0.3) is 0 Å². The Bertz CT molecular complexity index is 969. The summed E-state index contributed by atoms with van der Waals surface area (Å²) in [7, 11) is 0. The molecule has 0 fully saturated rings. The summed E-state index contributed by atoms with van der Waals surface area (Å²) < 4.78 is 0.977. The van der Waals surface area contributed by atoms with Crippen molar-refractivity contribution in [3.8, 4) is 0 Å². The van der Waals surface area contributed by atoms with Crippen LogP contribution in [0, 0.1) is 0 Å². The quantitative estimate of drug-likeness (QED) is 0.670. The average Bonchev–Trinajstić information content (AvgIpc) is 3.01. The third-order valence-electron chi connectivity index (χ3n) is 4.13. The lowest BCUT2D eigenvalue weighted by atomic mass is 10.0. The molecule has 128 valence electrons. The SMILES string of the molecule is OC1(c2ccccc2)N=C(c2ccc(Br)cc2)N=C1Nc1ccccc1. The van der Waals surface area contributed by atoms with Gasteiger partial charge < -0.3 is 10.4 Å². The molecule has 0 bridgehead atoms. The van der Waals surface area contributed by atoms with E-state index in [1.165, 1.54) is 0 Å². The fraction of sp³-hybridized carbons (Fsp3) is 0.0476. The highest BCUT2D eigenvalue weighted by Crippen LogP contribution is 2.31. The van der Waals surface area contributed by atoms with Crippen LogP contribution in [-0.2, 0) is 5.72 Å². The maximum atomic E-state index is 11.4. The van der Waals surface area contributed by atoms with Crippen LogP contribution in [-0.4, -0.2) is 16.8 Å². The van der Waals surface area contributed by atoms with Crippen LogP contribution < -0.4 is 5.32 Å². The van der Waals surface area contributed by atoms with Gasteiger partial charge in [0.2, 0.25) is 5.72 Å². The van der Waals surface area contributed by atoms with E-state index in [-0.39, 0.29) is 0 Å². The number of amidine groups is 2. The van der Waals surface area contributed by atoms with Crippen molar-refractivity contribution in [2.75, 3.05) is 5.32 Å². The molecule has 3 aromatic rings. The second-order valence-electron chi connectivity index (χ2n) is 5.93. The van der Waals surface area contributed by atoms with Gasteiger partial charge >= 0.3 is 0 Å². The largest absolute Gasteiger partial charge is 0.359 e. The van der Waals surface area contributed by atoms with Crippen LogP contribution in [0.5, 0.6) is 0 Å². The first-order chi connectivity index (χ1) is 12.6. The number of halogens is 1. The van der Waals surface area contributed by atoms with Gasteiger partial charge in [-0.15, -0.1) is 0 Å². The van der Waals surface area contributed by atoms with Gasteiger partial charge in [-0.2, -0.15) is 0 Å². The Morgan fingerprint density at radius 3 is 2.08 bits per heavy atom. The van der Waals surface area contributed by atoms with Crippen molar-refractivity contribution in [3.05, 3.63) is 101 Å². The van der Waals surface area contributed by atoms with Gasteiger partial charge in [-0.1, -0.05) is 76.6 Å². The number of nitrogens with one attached hydrogen (secondary N) is 1. The number of hydrogen-bond donors (Lipinski definition) is 2. The number of benzene rings is 3. The molecule has 1 atom stereocenters. The molecular weight excluding hydrogens is 390 g/mol. The van der Waals surface area contributed by atoms with E-state index in [1.807, 2.05) is 84.9 Å². The van der Waals surface area contributed by atoms with E-state index in [4.69, 9.17) is 0 Å². The summed E-state index contributed by atoms with van der Waals surface area (Å²) in [6, 6.07) is 26.7. The summed E-state index contributed by atoms with van der Waals surface area (Å²) in [4.78, 5) is 9.16. The number of anilines is 1. The lowest BCUT2D eigenvalue weighted by molar-refractivity contribution is 0.125. The number of aliphatic hydroxyl groups is 1. The minimum atomic E-state index is -1.56. The number of nitrogens with zero attached hydrogens (tertiary/aromatic N) is 2. The molecule has 0 saturated carbocycles. The highest BCUT2D eigenvalue weighted by atomic mass is 79.9. The Labute approximate surface area is 160 Å². The van der Waals surface area contributed by atoms with E-state index in [2.05, 4.69) is 31.2 Å². The fourth-order valence-corrected chi connectivity index (χ4v) is 3.05. The molecule has 3 aromatic carbocycles. The molecule has 1 unspecified atom stereocenters. The molecule has 2 N–H and O–H groups in total. The second kappa shape index (κ2) is 6.86. The van der Waals surface area contributed by atoms with Gasteiger partial charge in [0.1, 0.15) is 0 Å². The predicted octanol–water partition coefficient (Wildman–Crippen LogP) is 4.57. The van der Waals surface area contributed by atoms with Gasteiger partial charge in [-0.05, 0) is 24.3 Å². The minimum absolute atomic E-state index is 0.382. The molecule has 1 aliphatic heterocycles. The molecule has 5 heteroatoms. The number of hydrogen-bond acceptors (Lipinski definition) is 4. The molecular formula is C21H16BrN3O. The zero-order valence-corrected chi connectivity index (χ0v) is 15.4. The van der Waals surface area contributed by atoms with E-state index in [0.29, 0.717) is 17.2 Å². The standard InChI is InChI=1S/C21H16BrN3O/c22-17-13-11-15(12-14-17)19-24-20(23-18-9-5-2-6-10-18)21(26,25-19)16-7-3-1-4-8-16/h1-14,26H,(H,23,24,25). The topological polar surface area (TPSA) is 57.0 Å². The molecule has 0 spiro atoms. The normalized spacial score (nSPS) is 19.0. The highest BCUT2D eigenvalue weighted by molar-refractivity contribution is 9.10. The first kappa shape index (κ1) is 16.7. The lowest BCUT2D eigenvalue weighted by Gasteiger charge is -2.23. The molecule has 4 nitrogen and oxygen atoms in total. The zero-order valence-electron chi connectivity index (χ0n) is 13.8. The van der Waals surface area contributed by atoms with Crippen LogP contribution >= 0.6 is 15.9 Å². The fourth-order valence-electron chi connectivity index (χ4n) is 2.79. The highest BCUT2D eigenvalue weighted by Gasteiger charge is 2.40. The van der Waals surface area contributed by atoms with Crippen molar-refractivity contribution in [2.45, 2.75) is 5.72 Å². The smallest absolute Gasteiger partial charge is 0.244 e. The summed E-state index contributed by atoms with van der Waals surface area (Å²) in [6.07, 6.45) is 0. The van der Waals surface area contributed by atoms with E-state index < -0.39 is 5.72 Å². The number of aliphatic imine (C=N–C) groups is 2. The van der Waals surface area contributed by atoms with Crippen LogP contribution in [0.4, 0.5) is 5.69 Å². The summed E-state index contributed by atoms with van der Waals surface area (Å²) >= 11 is 3.43. The third-order valence-corrected chi connectivity index (χ3v) is 4.66. The van der Waals surface area contributed by atoms with Gasteiger partial charge in [0.15, 0.2) is 11.7 Å². The van der Waals surface area contributed by atoms with Crippen molar-refractivity contribution in [1.82, 2.24) is 0 Å². The van der Waals surface area contributed by atoms with Crippen molar-refractivity contribution in [3.63, 3.8) is 0 Å². The van der Waals surface area contributed by atoms with Gasteiger partial charge in [-0.25, -0.2) is 9.98 Å². The van der Waals surface area contributed by atoms with Gasteiger partial charge in [0, 0.05) is 21.3 Å². The maximum absolute atomic E-state index is 11.4. The molecule has 0 amide bonds. The number of rotatable bonds is 3. The summed E-state index contributed by atoms with van der Waals surface area (Å²) in [6.45, 7) is 0.